The molecule has 0 aliphatic heterocycles. The van der Waals surface area contributed by atoms with Gasteiger partial charge in [0.1, 0.15) is 0 Å². The summed E-state index contributed by atoms with van der Waals surface area (Å²) in [6, 6.07) is 0.396. The molecule has 9 nitrogen and oxygen atoms in total. The molecule has 116 valence electrons. The molecular weight excluding hydrogens is 274 g/mol. The largest absolute Gasteiger partial charge is 0.369 e. The van der Waals surface area contributed by atoms with E-state index in [4.69, 9.17) is 11.6 Å². The molecule has 1 aliphatic rings. The van der Waals surface area contributed by atoms with Crippen LogP contribution in [0.4, 0.5) is 0 Å². The van der Waals surface area contributed by atoms with Crippen LogP contribution >= 0.6 is 0 Å². The third-order valence-electron chi connectivity index (χ3n) is 3.72. The van der Waals surface area contributed by atoms with Crippen molar-refractivity contribution in [3.05, 3.63) is 11.9 Å². The van der Waals surface area contributed by atoms with Crippen molar-refractivity contribution in [1.82, 2.24) is 25.3 Å². The molecule has 0 bridgehead atoms. The fourth-order valence-corrected chi connectivity index (χ4v) is 2.68. The van der Waals surface area contributed by atoms with Gasteiger partial charge >= 0.3 is 0 Å². The summed E-state index contributed by atoms with van der Waals surface area (Å²) in [5.41, 5.74) is 7.48. The zero-order valence-electron chi connectivity index (χ0n) is 11.9. The van der Waals surface area contributed by atoms with Gasteiger partial charge < -0.3 is 5.73 Å². The molecule has 1 fully saturated rings. The molecule has 0 aromatic carbocycles. The Hall–Kier alpha value is -2.00. The normalized spacial score (nSPS) is 15.5. The highest BCUT2D eigenvalue weighted by Gasteiger charge is 2.23. The predicted molar refractivity (Wildman–Crippen MR) is 74.7 cm³/mol. The Morgan fingerprint density at radius 1 is 1.43 bits per heavy atom. The maximum atomic E-state index is 11.3. The van der Waals surface area contributed by atoms with Crippen LogP contribution in [-0.2, 0) is 11.3 Å². The van der Waals surface area contributed by atoms with E-state index in [2.05, 4.69) is 15.2 Å². The summed E-state index contributed by atoms with van der Waals surface area (Å²) in [4.78, 5) is 24.6. The molecule has 0 atom stereocenters. The monoisotopic (exact) mass is 295 g/mol. The van der Waals surface area contributed by atoms with E-state index in [1.807, 2.05) is 5.43 Å². The summed E-state index contributed by atoms with van der Waals surface area (Å²) in [6.07, 6.45) is 6.07. The number of aromatic nitrogens is 3. The molecule has 0 saturated heterocycles. The molecule has 1 heterocycles. The minimum Gasteiger partial charge on any atom is -0.369 e. The lowest BCUT2D eigenvalue weighted by molar-refractivity contribution is -0.119. The van der Waals surface area contributed by atoms with Crippen molar-refractivity contribution in [2.45, 2.75) is 38.3 Å². The number of nitrogens with two attached hydrogens (primary N) is 2. The van der Waals surface area contributed by atoms with Crippen LogP contribution in [0.3, 0.4) is 0 Å². The first kappa shape index (κ1) is 15.4. The topological polar surface area (TPSA) is 132 Å². The second-order valence-electron chi connectivity index (χ2n) is 5.22. The lowest BCUT2D eigenvalue weighted by Gasteiger charge is -2.27. The smallest absolute Gasteiger partial charge is 0.287 e. The number of rotatable bonds is 7. The number of amides is 2. The summed E-state index contributed by atoms with van der Waals surface area (Å²) < 4.78 is 1.56. The van der Waals surface area contributed by atoms with Gasteiger partial charge in [-0.2, -0.15) is 0 Å². The quantitative estimate of drug-likeness (QED) is 0.322. The Bertz CT molecular complexity index is 496. The van der Waals surface area contributed by atoms with Gasteiger partial charge in [0.25, 0.3) is 5.91 Å². The molecule has 2 amide bonds. The fourth-order valence-electron chi connectivity index (χ4n) is 2.68. The Balaban J connectivity index is 1.92. The van der Waals surface area contributed by atoms with Gasteiger partial charge in [-0.05, 0) is 12.8 Å². The summed E-state index contributed by atoms with van der Waals surface area (Å²) in [6.45, 7) is 1.42. The van der Waals surface area contributed by atoms with Crippen LogP contribution in [0.5, 0.6) is 0 Å². The van der Waals surface area contributed by atoms with E-state index in [-0.39, 0.29) is 18.1 Å². The van der Waals surface area contributed by atoms with E-state index in [1.54, 1.807) is 4.68 Å². The number of carbonyl (C=O) groups is 2. The van der Waals surface area contributed by atoms with Gasteiger partial charge in [-0.1, -0.05) is 18.1 Å². The van der Waals surface area contributed by atoms with Crippen LogP contribution in [0.1, 0.15) is 36.2 Å². The van der Waals surface area contributed by atoms with Crippen LogP contribution in [0.2, 0.25) is 0 Å². The summed E-state index contributed by atoms with van der Waals surface area (Å²) >= 11 is 0. The molecule has 1 aliphatic carbocycles. The van der Waals surface area contributed by atoms with Crippen LogP contribution in [0.15, 0.2) is 6.20 Å². The number of primary amides is 1. The SMILES string of the molecule is NNC(=O)c1cn(CCN(CC(N)=O)C2CCCC2)nn1. The predicted octanol–water partition coefficient (Wildman–Crippen LogP) is -1.39. The fraction of sp³-hybridized carbons (Fsp3) is 0.667. The van der Waals surface area contributed by atoms with E-state index >= 15 is 0 Å². The summed E-state index contributed by atoms with van der Waals surface area (Å²) in [5, 5.41) is 7.60. The summed E-state index contributed by atoms with van der Waals surface area (Å²) in [7, 11) is 0. The zero-order chi connectivity index (χ0) is 15.2. The zero-order valence-corrected chi connectivity index (χ0v) is 11.9. The van der Waals surface area contributed by atoms with Gasteiger partial charge in [0.15, 0.2) is 5.69 Å². The molecule has 1 aromatic rings. The molecule has 1 saturated carbocycles. The van der Waals surface area contributed by atoms with E-state index in [1.165, 1.54) is 19.0 Å². The Morgan fingerprint density at radius 3 is 2.76 bits per heavy atom. The van der Waals surface area contributed by atoms with Gasteiger partial charge in [0.05, 0.1) is 19.3 Å². The number of hydrazine groups is 1. The molecule has 0 unspecified atom stereocenters. The maximum absolute atomic E-state index is 11.3. The average Bonchev–Trinajstić information content (AvgIpc) is 3.13. The van der Waals surface area contributed by atoms with E-state index in [0.29, 0.717) is 19.1 Å². The number of carbonyl (C=O) groups excluding carboxylic acids is 2. The van der Waals surface area contributed by atoms with Crippen LogP contribution in [-0.4, -0.2) is 50.8 Å². The minimum atomic E-state index is -0.481. The van der Waals surface area contributed by atoms with Crippen molar-refractivity contribution in [3.8, 4) is 0 Å². The maximum Gasteiger partial charge on any atom is 0.287 e. The molecular formula is C12H21N7O2. The Morgan fingerprint density at radius 2 is 2.14 bits per heavy atom. The molecule has 2 rings (SSSR count). The van der Waals surface area contributed by atoms with E-state index in [0.717, 1.165) is 12.8 Å². The van der Waals surface area contributed by atoms with E-state index < -0.39 is 5.91 Å². The highest BCUT2D eigenvalue weighted by Crippen LogP contribution is 2.23. The average molecular weight is 295 g/mol. The third-order valence-corrected chi connectivity index (χ3v) is 3.72. The van der Waals surface area contributed by atoms with Gasteiger partial charge in [0, 0.05) is 12.6 Å². The van der Waals surface area contributed by atoms with Crippen molar-refractivity contribution in [2.75, 3.05) is 13.1 Å². The van der Waals surface area contributed by atoms with Crippen molar-refractivity contribution in [3.63, 3.8) is 0 Å². The first-order valence-electron chi connectivity index (χ1n) is 7.03. The molecule has 0 spiro atoms. The second kappa shape index (κ2) is 7.14. The molecule has 1 aromatic heterocycles. The molecule has 0 radical (unpaired) electrons. The lowest BCUT2D eigenvalue weighted by atomic mass is 10.2. The number of nitrogens with zero attached hydrogens (tertiary/aromatic N) is 4. The minimum absolute atomic E-state index is 0.166. The van der Waals surface area contributed by atoms with Gasteiger partial charge in [-0.3, -0.25) is 24.6 Å². The standard InChI is InChI=1S/C12H21N7O2/c13-11(20)8-18(9-3-1-2-4-9)5-6-19-7-10(16-17-19)12(21)15-14/h7,9H,1-6,8,14H2,(H2,13,20)(H,15,21). The summed E-state index contributed by atoms with van der Waals surface area (Å²) in [5.74, 6) is 4.23. The first-order chi connectivity index (χ1) is 10.1. The number of hydrogen-bond donors (Lipinski definition) is 3. The van der Waals surface area contributed by atoms with Crippen LogP contribution in [0, 0.1) is 0 Å². The van der Waals surface area contributed by atoms with Crippen molar-refractivity contribution in [2.24, 2.45) is 11.6 Å². The molecule has 5 N–H and O–H groups in total. The van der Waals surface area contributed by atoms with E-state index in [9.17, 15) is 9.59 Å². The van der Waals surface area contributed by atoms with Gasteiger partial charge in [0.2, 0.25) is 5.91 Å². The van der Waals surface area contributed by atoms with Crippen molar-refractivity contribution in [1.29, 1.82) is 0 Å². The third kappa shape index (κ3) is 4.23. The number of hydrogen-bond acceptors (Lipinski definition) is 6. The highest BCUT2D eigenvalue weighted by molar-refractivity contribution is 5.91. The first-order valence-corrected chi connectivity index (χ1v) is 7.03. The van der Waals surface area contributed by atoms with Crippen molar-refractivity contribution >= 4 is 11.8 Å². The molecule has 9 heteroatoms. The van der Waals surface area contributed by atoms with Crippen LogP contribution in [0.25, 0.3) is 0 Å². The number of nitrogens with one attached hydrogen (secondary N) is 1. The Kier molecular flexibility index (Phi) is 5.23. The van der Waals surface area contributed by atoms with Crippen molar-refractivity contribution < 1.29 is 9.59 Å². The van der Waals surface area contributed by atoms with Gasteiger partial charge in [-0.25, -0.2) is 5.84 Å². The Labute approximate surface area is 122 Å². The lowest BCUT2D eigenvalue weighted by Crippen LogP contribution is -2.41. The van der Waals surface area contributed by atoms with Crippen LogP contribution < -0.4 is 17.0 Å². The van der Waals surface area contributed by atoms with Gasteiger partial charge in [-0.15, -0.1) is 5.10 Å². The molecule has 21 heavy (non-hydrogen) atoms. The highest BCUT2D eigenvalue weighted by atomic mass is 16.2. The second-order valence-corrected chi connectivity index (χ2v) is 5.22. The number of nitrogen functional groups attached to an aromatic ring is 1.